The third-order valence-electron chi connectivity index (χ3n) is 11.5. The molecule has 5 aromatic rings. The van der Waals surface area contributed by atoms with Crippen molar-refractivity contribution in [2.24, 2.45) is 0 Å². The van der Waals surface area contributed by atoms with E-state index in [4.69, 9.17) is 19.7 Å². The number of benzene rings is 3. The average Bonchev–Trinajstić information content (AvgIpc) is 3.78. The molecule has 0 radical (unpaired) electrons. The van der Waals surface area contributed by atoms with Crippen LogP contribution in [0.2, 0.25) is 0 Å². The molecule has 7 rings (SSSR count). The van der Waals surface area contributed by atoms with Gasteiger partial charge in [0.1, 0.15) is 19.0 Å². The Bertz CT molecular complexity index is 2010. The van der Waals surface area contributed by atoms with Gasteiger partial charge in [0.25, 0.3) is 0 Å². The highest BCUT2D eigenvalue weighted by atomic mass is 19.1. The molecule has 2 aliphatic rings. The first-order valence-corrected chi connectivity index (χ1v) is 20.7. The number of aryl methyl sites for hydroxylation is 1. The maximum atomic E-state index is 13.2. The van der Waals surface area contributed by atoms with E-state index in [2.05, 4.69) is 86.8 Å². The fraction of sp³-hybridized carbons (Fsp3) is 0.478. The zero-order valence-corrected chi connectivity index (χ0v) is 33.4. The van der Waals surface area contributed by atoms with Gasteiger partial charge in [0.2, 0.25) is 0 Å². The number of likely N-dealkylation sites (tertiary alicyclic amines) is 2. The topological polar surface area (TPSA) is 109 Å². The molecular formula is C46H59FN4O6. The fourth-order valence-electron chi connectivity index (χ4n) is 8.48. The van der Waals surface area contributed by atoms with E-state index in [9.17, 15) is 14.0 Å². The second-order valence-corrected chi connectivity index (χ2v) is 15.5. The number of carbonyl (C=O) groups is 2. The summed E-state index contributed by atoms with van der Waals surface area (Å²) in [6.45, 7) is 10.3. The normalized spacial score (nSPS) is 15.9. The van der Waals surface area contributed by atoms with Crippen molar-refractivity contribution in [1.29, 1.82) is 0 Å². The molecule has 11 heteroatoms. The molecule has 2 saturated heterocycles. The van der Waals surface area contributed by atoms with Gasteiger partial charge < -0.3 is 38.6 Å². The summed E-state index contributed by atoms with van der Waals surface area (Å²) in [6, 6.07) is 24.0. The molecule has 2 fully saturated rings. The molecule has 0 atom stereocenters. The quantitative estimate of drug-likeness (QED) is 0.0857. The van der Waals surface area contributed by atoms with E-state index < -0.39 is 11.9 Å². The number of unbranched alkanes of at least 4 members (excludes halogenated alkanes) is 2. The summed E-state index contributed by atoms with van der Waals surface area (Å²) in [5.74, 6) is -0.925. The zero-order chi connectivity index (χ0) is 40.0. The number of fused-ring (bicyclic) bond motifs is 2. The number of para-hydroxylation sites is 2. The number of aromatic nitrogens is 2. The maximum absolute atomic E-state index is 13.2. The van der Waals surface area contributed by atoms with Gasteiger partial charge in [-0.3, -0.25) is 0 Å². The van der Waals surface area contributed by atoms with Crippen LogP contribution in [0.1, 0.15) is 80.4 Å². The summed E-state index contributed by atoms with van der Waals surface area (Å²) < 4.78 is 28.3. The molecule has 2 aromatic heterocycles. The van der Waals surface area contributed by atoms with E-state index in [-0.39, 0.29) is 19.0 Å². The predicted molar refractivity (Wildman–Crippen MR) is 223 cm³/mol. The third-order valence-corrected chi connectivity index (χ3v) is 11.5. The van der Waals surface area contributed by atoms with Crippen molar-refractivity contribution in [3.63, 3.8) is 0 Å². The highest BCUT2D eigenvalue weighted by Crippen LogP contribution is 2.36. The fourth-order valence-corrected chi connectivity index (χ4v) is 8.48. The van der Waals surface area contributed by atoms with Crippen LogP contribution in [0.15, 0.2) is 85.2 Å². The molecule has 10 nitrogen and oxygen atoms in total. The van der Waals surface area contributed by atoms with Crippen molar-refractivity contribution in [2.45, 2.75) is 76.8 Å². The Kier molecular flexibility index (Phi) is 15.7. The van der Waals surface area contributed by atoms with Crippen molar-refractivity contribution >= 4 is 33.7 Å². The lowest BCUT2D eigenvalue weighted by Gasteiger charge is -2.31. The Hall–Kier alpha value is -4.55. The largest absolute Gasteiger partial charge is 0.480 e. The van der Waals surface area contributed by atoms with Gasteiger partial charge in [0, 0.05) is 60.4 Å². The molecule has 4 heterocycles. The molecule has 0 saturated carbocycles. The second-order valence-electron chi connectivity index (χ2n) is 15.5. The minimum Gasteiger partial charge on any atom is -0.480 e. The Balaban J connectivity index is 0.000000194. The first-order valence-electron chi connectivity index (χ1n) is 20.7. The van der Waals surface area contributed by atoms with E-state index in [1.165, 1.54) is 64.3 Å². The molecule has 0 amide bonds. The number of carboxylic acids is 2. The van der Waals surface area contributed by atoms with Gasteiger partial charge in [-0.25, -0.2) is 14.0 Å². The van der Waals surface area contributed by atoms with Crippen molar-refractivity contribution in [3.8, 4) is 0 Å². The molecular weight excluding hydrogens is 724 g/mol. The molecule has 3 aromatic carbocycles. The number of rotatable bonds is 18. The first kappa shape index (κ1) is 42.1. The smallest absolute Gasteiger partial charge is 0.329 e. The van der Waals surface area contributed by atoms with E-state index >= 15 is 0 Å². The van der Waals surface area contributed by atoms with Gasteiger partial charge in [-0.05, 0) is 111 Å². The van der Waals surface area contributed by atoms with E-state index in [1.54, 1.807) is 0 Å². The minimum absolute atomic E-state index is 0.200. The van der Waals surface area contributed by atoms with E-state index in [0.717, 1.165) is 83.6 Å². The molecule has 2 N–H and O–H groups in total. The van der Waals surface area contributed by atoms with Crippen LogP contribution in [0.25, 0.3) is 21.8 Å². The summed E-state index contributed by atoms with van der Waals surface area (Å²) in [4.78, 5) is 25.8. The van der Waals surface area contributed by atoms with Crippen LogP contribution in [0.4, 0.5) is 4.39 Å². The van der Waals surface area contributed by atoms with Crippen molar-refractivity contribution in [3.05, 3.63) is 108 Å². The molecule has 2 aliphatic heterocycles. The number of aliphatic carboxylic acids is 2. The van der Waals surface area contributed by atoms with Gasteiger partial charge in [-0.1, -0.05) is 68.3 Å². The molecule has 0 unspecified atom stereocenters. The number of nitrogens with zero attached hydrogens (tertiary/aromatic N) is 4. The molecule has 0 spiro atoms. The number of halogens is 1. The Morgan fingerprint density at radius 1 is 0.649 bits per heavy atom. The van der Waals surface area contributed by atoms with Crippen LogP contribution < -0.4 is 0 Å². The lowest BCUT2D eigenvalue weighted by atomic mass is 9.89. The van der Waals surface area contributed by atoms with Crippen LogP contribution >= 0.6 is 0 Å². The van der Waals surface area contributed by atoms with Gasteiger partial charge >= 0.3 is 11.9 Å². The Morgan fingerprint density at radius 3 is 1.61 bits per heavy atom. The third kappa shape index (κ3) is 12.0. The van der Waals surface area contributed by atoms with Crippen LogP contribution in [0.3, 0.4) is 0 Å². The van der Waals surface area contributed by atoms with Crippen LogP contribution in [-0.2, 0) is 32.2 Å². The number of ether oxygens (including phenoxy) is 2. The van der Waals surface area contributed by atoms with Crippen LogP contribution in [0.5, 0.6) is 0 Å². The van der Waals surface area contributed by atoms with Gasteiger partial charge in [-0.2, -0.15) is 0 Å². The van der Waals surface area contributed by atoms with Crippen molar-refractivity contribution < 1.29 is 33.7 Å². The van der Waals surface area contributed by atoms with E-state index in [0.29, 0.717) is 25.0 Å². The Morgan fingerprint density at radius 2 is 1.12 bits per heavy atom. The van der Waals surface area contributed by atoms with Crippen molar-refractivity contribution in [2.75, 3.05) is 65.7 Å². The molecule has 57 heavy (non-hydrogen) atoms. The standard InChI is InChI=1S/C24H27FN2O3.C22H32N2O3/c25-20-7-5-18(6-8-20)15-27-16-22(21-3-1-2-4-23(21)27)19-9-11-26(12-10-19)13-14-30-17-24(28)29;1-2-3-6-11-24-16-20(19-7-4-5-8-21(19)24)18-9-12-23(13-10-18)14-15-27-17-22(25)26/h1-8,16,19H,9-15,17H2,(H,28,29);4-5,7-8,16,18H,2-3,6,9-15,17H2,1H3,(H,25,26). The molecule has 0 aliphatic carbocycles. The second kappa shape index (κ2) is 21.3. The number of hydrogen-bond donors (Lipinski definition) is 2. The monoisotopic (exact) mass is 782 g/mol. The SMILES string of the molecule is CCCCCn1cc(C2CCN(CCOCC(=O)O)CC2)c2ccccc21.O=C(O)COCCN1CCC(c2cn(Cc3ccc(F)cc3)c3ccccc23)CC1. The lowest BCUT2D eigenvalue weighted by Crippen LogP contribution is -2.35. The number of piperidine rings is 2. The highest BCUT2D eigenvalue weighted by Gasteiger charge is 2.25. The summed E-state index contributed by atoms with van der Waals surface area (Å²) in [5.41, 5.74) is 6.55. The lowest BCUT2D eigenvalue weighted by molar-refractivity contribution is -0.143. The zero-order valence-electron chi connectivity index (χ0n) is 33.4. The maximum Gasteiger partial charge on any atom is 0.329 e. The molecule has 0 bridgehead atoms. The van der Waals surface area contributed by atoms with Crippen LogP contribution in [0, 0.1) is 5.82 Å². The number of hydrogen-bond acceptors (Lipinski definition) is 6. The predicted octanol–water partition coefficient (Wildman–Crippen LogP) is 8.22. The number of carboxylic acid groups (broad SMARTS) is 2. The average molecular weight is 783 g/mol. The first-order chi connectivity index (χ1) is 27.8. The minimum atomic E-state index is -0.925. The van der Waals surface area contributed by atoms with Gasteiger partial charge in [0.15, 0.2) is 0 Å². The van der Waals surface area contributed by atoms with Gasteiger partial charge in [0.05, 0.1) is 13.2 Å². The highest BCUT2D eigenvalue weighted by molar-refractivity contribution is 5.85. The van der Waals surface area contributed by atoms with Crippen LogP contribution in [-0.4, -0.2) is 107 Å². The molecule has 306 valence electrons. The van der Waals surface area contributed by atoms with E-state index in [1.807, 2.05) is 12.1 Å². The summed E-state index contributed by atoms with van der Waals surface area (Å²) >= 11 is 0. The Labute approximate surface area is 335 Å². The summed E-state index contributed by atoms with van der Waals surface area (Å²) in [7, 11) is 0. The summed E-state index contributed by atoms with van der Waals surface area (Å²) in [5, 5.41) is 20.0. The van der Waals surface area contributed by atoms with Gasteiger partial charge in [-0.15, -0.1) is 0 Å². The summed E-state index contributed by atoms with van der Waals surface area (Å²) in [6.07, 6.45) is 12.9. The van der Waals surface area contributed by atoms with Crippen molar-refractivity contribution in [1.82, 2.24) is 18.9 Å².